The summed E-state index contributed by atoms with van der Waals surface area (Å²) < 4.78 is 25.1. The third kappa shape index (κ3) is 3.43. The van der Waals surface area contributed by atoms with Gasteiger partial charge in [-0.05, 0) is 40.9 Å². The summed E-state index contributed by atoms with van der Waals surface area (Å²) in [4.78, 5) is 4.15. The Bertz CT molecular complexity index is 513. The van der Waals surface area contributed by atoms with E-state index in [4.69, 9.17) is 0 Å². The van der Waals surface area contributed by atoms with Crippen LogP contribution in [-0.4, -0.2) is 43.1 Å². The number of piperidine rings is 1. The molecule has 18 heavy (non-hydrogen) atoms. The molecule has 1 aliphatic heterocycles. The number of sulfonamides is 1. The Balaban J connectivity index is 1.94. The highest BCUT2D eigenvalue weighted by Crippen LogP contribution is 2.23. The quantitative estimate of drug-likeness (QED) is 0.855. The number of nitrogens with zero attached hydrogens (tertiary/aromatic N) is 2. The average molecular weight is 334 g/mol. The van der Waals surface area contributed by atoms with Gasteiger partial charge in [-0.25, -0.2) is 17.7 Å². The summed E-state index contributed by atoms with van der Waals surface area (Å²) in [7, 11) is -3.05. The summed E-state index contributed by atoms with van der Waals surface area (Å²) in [6.07, 6.45) is 4.61. The maximum Gasteiger partial charge on any atom is 0.211 e. The largest absolute Gasteiger partial charge is 0.380 e. The van der Waals surface area contributed by atoms with Crippen molar-refractivity contribution in [1.82, 2.24) is 9.29 Å². The first-order valence-electron chi connectivity index (χ1n) is 5.79. The molecule has 0 spiro atoms. The Morgan fingerprint density at radius 2 is 2.11 bits per heavy atom. The van der Waals surface area contributed by atoms with Crippen molar-refractivity contribution in [2.45, 2.75) is 18.9 Å². The Morgan fingerprint density at radius 3 is 2.67 bits per heavy atom. The average Bonchev–Trinajstić information content (AvgIpc) is 2.32. The second-order valence-corrected chi connectivity index (χ2v) is 7.16. The van der Waals surface area contributed by atoms with Gasteiger partial charge in [0, 0.05) is 25.3 Å². The lowest BCUT2D eigenvalue weighted by Crippen LogP contribution is -2.41. The molecule has 0 unspecified atom stereocenters. The van der Waals surface area contributed by atoms with Gasteiger partial charge in [0.05, 0.1) is 11.9 Å². The summed E-state index contributed by atoms with van der Waals surface area (Å²) in [6.45, 7) is 1.16. The maximum absolute atomic E-state index is 11.4. The lowest BCUT2D eigenvalue weighted by Gasteiger charge is -2.31. The summed E-state index contributed by atoms with van der Waals surface area (Å²) in [6, 6.07) is 4.13. The molecule has 1 saturated heterocycles. The highest BCUT2D eigenvalue weighted by molar-refractivity contribution is 9.10. The van der Waals surface area contributed by atoms with Crippen LogP contribution in [0.3, 0.4) is 0 Å². The predicted octanol–water partition coefficient (Wildman–Crippen LogP) is 1.68. The molecule has 0 bridgehead atoms. The van der Waals surface area contributed by atoms with Gasteiger partial charge in [-0.3, -0.25) is 0 Å². The zero-order valence-electron chi connectivity index (χ0n) is 10.1. The normalized spacial score (nSPS) is 18.8. The van der Waals surface area contributed by atoms with Gasteiger partial charge in [-0.1, -0.05) is 0 Å². The van der Waals surface area contributed by atoms with Crippen molar-refractivity contribution in [3.05, 3.63) is 22.9 Å². The van der Waals surface area contributed by atoms with Gasteiger partial charge < -0.3 is 5.32 Å². The third-order valence-electron chi connectivity index (χ3n) is 3.04. The zero-order valence-corrected chi connectivity index (χ0v) is 12.5. The van der Waals surface area contributed by atoms with Crippen LogP contribution in [0.5, 0.6) is 0 Å². The van der Waals surface area contributed by atoms with E-state index in [1.165, 1.54) is 10.6 Å². The van der Waals surface area contributed by atoms with Crippen molar-refractivity contribution in [2.24, 2.45) is 0 Å². The van der Waals surface area contributed by atoms with Crippen LogP contribution < -0.4 is 5.32 Å². The van der Waals surface area contributed by atoms with Crippen molar-refractivity contribution < 1.29 is 8.42 Å². The minimum absolute atomic E-state index is 0.295. The van der Waals surface area contributed by atoms with E-state index in [0.717, 1.165) is 23.1 Å². The maximum atomic E-state index is 11.4. The molecule has 2 rings (SSSR count). The van der Waals surface area contributed by atoms with Crippen molar-refractivity contribution in [1.29, 1.82) is 0 Å². The van der Waals surface area contributed by atoms with Crippen molar-refractivity contribution in [3.63, 3.8) is 0 Å². The number of hydrogen-bond acceptors (Lipinski definition) is 4. The number of pyridine rings is 1. The molecular formula is C11H16BrN3O2S. The Kier molecular flexibility index (Phi) is 4.24. The molecule has 0 aromatic carbocycles. The molecule has 1 N–H and O–H groups in total. The lowest BCUT2D eigenvalue weighted by atomic mass is 10.1. The predicted molar refractivity (Wildman–Crippen MR) is 75.0 cm³/mol. The third-order valence-corrected chi connectivity index (χ3v) is 4.98. The number of rotatable bonds is 3. The minimum Gasteiger partial charge on any atom is -0.380 e. The highest BCUT2D eigenvalue weighted by atomic mass is 79.9. The second-order valence-electron chi connectivity index (χ2n) is 4.42. The molecule has 5 nitrogen and oxygen atoms in total. The van der Waals surface area contributed by atoms with Gasteiger partial charge in [0.2, 0.25) is 10.0 Å². The summed E-state index contributed by atoms with van der Waals surface area (Å²) >= 11 is 3.39. The van der Waals surface area contributed by atoms with Crippen molar-refractivity contribution in [2.75, 3.05) is 24.7 Å². The number of anilines is 1. The Morgan fingerprint density at radius 1 is 1.44 bits per heavy atom. The number of hydrogen-bond donors (Lipinski definition) is 1. The fraction of sp³-hybridized carbons (Fsp3) is 0.545. The number of halogens is 1. The first-order chi connectivity index (χ1) is 8.47. The second kappa shape index (κ2) is 5.54. The van der Waals surface area contributed by atoms with E-state index in [9.17, 15) is 8.42 Å². The van der Waals surface area contributed by atoms with Gasteiger partial charge in [-0.2, -0.15) is 0 Å². The molecule has 0 atom stereocenters. The molecule has 1 aromatic rings. The van der Waals surface area contributed by atoms with Crippen LogP contribution in [0.15, 0.2) is 22.9 Å². The monoisotopic (exact) mass is 333 g/mol. The summed E-state index contributed by atoms with van der Waals surface area (Å²) in [5.74, 6) is 0. The molecule has 1 aliphatic rings. The van der Waals surface area contributed by atoms with Crippen LogP contribution in [0.2, 0.25) is 0 Å². The SMILES string of the molecule is CS(=O)(=O)N1CCC(Nc2cccnc2Br)CC1. The van der Waals surface area contributed by atoms with Gasteiger partial charge in [0.15, 0.2) is 0 Å². The zero-order chi connectivity index (χ0) is 13.2. The Labute approximate surface area is 116 Å². The Hall–Kier alpha value is -0.660. The molecule has 7 heteroatoms. The van der Waals surface area contributed by atoms with E-state index >= 15 is 0 Å². The smallest absolute Gasteiger partial charge is 0.211 e. The molecule has 100 valence electrons. The molecule has 1 aromatic heterocycles. The van der Waals surface area contributed by atoms with E-state index in [-0.39, 0.29) is 0 Å². The minimum atomic E-state index is -3.05. The van der Waals surface area contributed by atoms with Crippen molar-refractivity contribution >= 4 is 31.6 Å². The fourth-order valence-corrected chi connectivity index (χ4v) is 3.28. The van der Waals surface area contributed by atoms with Gasteiger partial charge in [0.25, 0.3) is 0 Å². The van der Waals surface area contributed by atoms with Crippen LogP contribution in [0.25, 0.3) is 0 Å². The van der Waals surface area contributed by atoms with E-state index in [1.54, 1.807) is 6.20 Å². The lowest BCUT2D eigenvalue weighted by molar-refractivity contribution is 0.332. The number of aromatic nitrogens is 1. The standard InChI is InChI=1S/C11H16BrN3O2S/c1-18(16,17)15-7-4-9(5-8-15)14-10-3-2-6-13-11(10)12/h2-3,6,9,14H,4-5,7-8H2,1H3. The van der Waals surface area contributed by atoms with Gasteiger partial charge >= 0.3 is 0 Å². The molecule has 0 radical (unpaired) electrons. The number of nitrogens with one attached hydrogen (secondary N) is 1. The van der Waals surface area contributed by atoms with E-state index in [0.29, 0.717) is 19.1 Å². The summed E-state index contributed by atoms with van der Waals surface area (Å²) in [5, 5.41) is 3.39. The molecule has 0 amide bonds. The van der Waals surface area contributed by atoms with Crippen LogP contribution in [-0.2, 0) is 10.0 Å². The van der Waals surface area contributed by atoms with E-state index in [2.05, 4.69) is 26.2 Å². The van der Waals surface area contributed by atoms with Crippen LogP contribution in [0, 0.1) is 0 Å². The van der Waals surface area contributed by atoms with Crippen molar-refractivity contribution in [3.8, 4) is 0 Å². The molecule has 1 fully saturated rings. The van der Waals surface area contributed by atoms with Gasteiger partial charge in [0.1, 0.15) is 4.60 Å². The van der Waals surface area contributed by atoms with Gasteiger partial charge in [-0.15, -0.1) is 0 Å². The highest BCUT2D eigenvalue weighted by Gasteiger charge is 2.24. The first-order valence-corrected chi connectivity index (χ1v) is 8.43. The van der Waals surface area contributed by atoms with Crippen LogP contribution >= 0.6 is 15.9 Å². The topological polar surface area (TPSA) is 62.3 Å². The van der Waals surface area contributed by atoms with Crippen LogP contribution in [0.4, 0.5) is 5.69 Å². The fourth-order valence-electron chi connectivity index (χ4n) is 2.05. The first kappa shape index (κ1) is 13.8. The molecule has 2 heterocycles. The van der Waals surface area contributed by atoms with E-state index < -0.39 is 10.0 Å². The van der Waals surface area contributed by atoms with E-state index in [1.807, 2.05) is 12.1 Å². The van der Waals surface area contributed by atoms with Crippen LogP contribution in [0.1, 0.15) is 12.8 Å². The molecule has 0 saturated carbocycles. The molecule has 0 aliphatic carbocycles. The molecular weight excluding hydrogens is 318 g/mol. The summed E-state index contributed by atoms with van der Waals surface area (Å²) in [5.41, 5.74) is 0.954.